The number of ether oxygens (including phenoxy) is 1. The number of primary sulfonamides is 1. The van der Waals surface area contributed by atoms with E-state index in [0.29, 0.717) is 24.6 Å². The number of nitrogens with zero attached hydrogens (tertiary/aromatic N) is 2. The van der Waals surface area contributed by atoms with Crippen LogP contribution in [0.5, 0.6) is 5.88 Å². The zero-order chi connectivity index (χ0) is 15.3. The van der Waals surface area contributed by atoms with Gasteiger partial charge in [-0.15, -0.1) is 0 Å². The van der Waals surface area contributed by atoms with Gasteiger partial charge in [-0.3, -0.25) is 4.90 Å². The summed E-state index contributed by atoms with van der Waals surface area (Å²) in [6.45, 7) is 9.84. The number of rotatable bonds is 7. The SMILES string of the molecule is CC(C)N(CCOc1ccc(S(N)(=O)=O)cn1)C(C)C. The molecule has 6 nitrogen and oxygen atoms in total. The first-order valence-electron chi connectivity index (χ1n) is 6.59. The van der Waals surface area contributed by atoms with E-state index in [1.54, 1.807) is 0 Å². The predicted molar refractivity (Wildman–Crippen MR) is 78.1 cm³/mol. The van der Waals surface area contributed by atoms with Crippen LogP contribution < -0.4 is 9.88 Å². The monoisotopic (exact) mass is 301 g/mol. The maximum atomic E-state index is 11.1. The number of hydrogen-bond acceptors (Lipinski definition) is 5. The van der Waals surface area contributed by atoms with Crippen molar-refractivity contribution in [2.75, 3.05) is 13.2 Å². The van der Waals surface area contributed by atoms with Crippen LogP contribution in [0.4, 0.5) is 0 Å². The third kappa shape index (κ3) is 5.07. The lowest BCUT2D eigenvalue weighted by Gasteiger charge is -2.30. The molecule has 1 aromatic heterocycles. The Morgan fingerprint density at radius 3 is 2.25 bits per heavy atom. The van der Waals surface area contributed by atoms with E-state index in [4.69, 9.17) is 9.88 Å². The summed E-state index contributed by atoms with van der Waals surface area (Å²) in [5.41, 5.74) is 0. The van der Waals surface area contributed by atoms with Crippen molar-refractivity contribution in [1.29, 1.82) is 0 Å². The predicted octanol–water partition coefficient (Wildman–Crippen LogP) is 1.23. The molecule has 114 valence electrons. The normalized spacial score (nSPS) is 12.4. The van der Waals surface area contributed by atoms with Gasteiger partial charge in [-0.05, 0) is 33.8 Å². The van der Waals surface area contributed by atoms with Gasteiger partial charge in [0.2, 0.25) is 15.9 Å². The molecule has 0 amide bonds. The van der Waals surface area contributed by atoms with Crippen molar-refractivity contribution in [2.24, 2.45) is 5.14 Å². The first kappa shape index (κ1) is 16.9. The van der Waals surface area contributed by atoms with Crippen molar-refractivity contribution in [2.45, 2.75) is 44.7 Å². The Bertz CT molecular complexity index is 504. The first-order valence-corrected chi connectivity index (χ1v) is 8.14. The second-order valence-electron chi connectivity index (χ2n) is 5.15. The Labute approximate surface area is 121 Å². The molecule has 0 bridgehead atoms. The van der Waals surface area contributed by atoms with Gasteiger partial charge in [-0.1, -0.05) is 0 Å². The smallest absolute Gasteiger partial charge is 0.239 e. The molecular formula is C13H23N3O3S. The number of pyridine rings is 1. The molecule has 1 rings (SSSR count). The average Bonchev–Trinajstić information content (AvgIpc) is 2.33. The van der Waals surface area contributed by atoms with Crippen LogP contribution >= 0.6 is 0 Å². The molecule has 0 saturated carbocycles. The minimum absolute atomic E-state index is 0.0177. The molecule has 0 aliphatic heterocycles. The van der Waals surface area contributed by atoms with Gasteiger partial charge in [0.25, 0.3) is 0 Å². The summed E-state index contributed by atoms with van der Waals surface area (Å²) in [6, 6.07) is 3.78. The molecule has 0 spiro atoms. The minimum atomic E-state index is -3.70. The molecule has 0 saturated heterocycles. The summed E-state index contributed by atoms with van der Waals surface area (Å²) >= 11 is 0. The van der Waals surface area contributed by atoms with Crippen molar-refractivity contribution in [3.63, 3.8) is 0 Å². The highest BCUT2D eigenvalue weighted by molar-refractivity contribution is 7.89. The molecule has 20 heavy (non-hydrogen) atoms. The molecule has 0 radical (unpaired) electrons. The van der Waals surface area contributed by atoms with Crippen molar-refractivity contribution in [1.82, 2.24) is 9.88 Å². The summed E-state index contributed by atoms with van der Waals surface area (Å²) in [5.74, 6) is 0.393. The third-order valence-electron chi connectivity index (χ3n) is 2.96. The quantitative estimate of drug-likeness (QED) is 0.818. The van der Waals surface area contributed by atoms with Gasteiger partial charge < -0.3 is 4.74 Å². The lowest BCUT2D eigenvalue weighted by atomic mass is 10.2. The van der Waals surface area contributed by atoms with Gasteiger partial charge in [0.1, 0.15) is 11.5 Å². The number of hydrogen-bond donors (Lipinski definition) is 1. The molecule has 0 aliphatic rings. The van der Waals surface area contributed by atoms with E-state index in [-0.39, 0.29) is 4.90 Å². The van der Waals surface area contributed by atoms with E-state index in [0.717, 1.165) is 6.54 Å². The molecule has 1 heterocycles. The molecule has 0 atom stereocenters. The van der Waals surface area contributed by atoms with E-state index in [1.165, 1.54) is 18.3 Å². The van der Waals surface area contributed by atoms with Crippen molar-refractivity contribution in [3.05, 3.63) is 18.3 Å². The number of aromatic nitrogens is 1. The van der Waals surface area contributed by atoms with Crippen LogP contribution in [0.3, 0.4) is 0 Å². The van der Waals surface area contributed by atoms with Gasteiger partial charge in [0.15, 0.2) is 0 Å². The molecular weight excluding hydrogens is 278 g/mol. The van der Waals surface area contributed by atoms with Gasteiger partial charge in [-0.25, -0.2) is 18.5 Å². The second kappa shape index (κ2) is 7.01. The fourth-order valence-electron chi connectivity index (χ4n) is 1.99. The Kier molecular flexibility index (Phi) is 5.91. The van der Waals surface area contributed by atoms with Gasteiger partial charge in [0.05, 0.1) is 6.20 Å². The Balaban J connectivity index is 2.54. The van der Waals surface area contributed by atoms with Gasteiger partial charge >= 0.3 is 0 Å². The molecule has 1 aromatic rings. The minimum Gasteiger partial charge on any atom is -0.476 e. The lowest BCUT2D eigenvalue weighted by molar-refractivity contribution is 0.140. The van der Waals surface area contributed by atoms with Crippen molar-refractivity contribution >= 4 is 10.0 Å². The van der Waals surface area contributed by atoms with E-state index in [2.05, 4.69) is 37.6 Å². The van der Waals surface area contributed by atoms with Crippen LogP contribution in [0.1, 0.15) is 27.7 Å². The topological polar surface area (TPSA) is 85.5 Å². The lowest BCUT2D eigenvalue weighted by Crippen LogP contribution is -2.39. The van der Waals surface area contributed by atoms with E-state index >= 15 is 0 Å². The Hall–Kier alpha value is -1.18. The van der Waals surface area contributed by atoms with E-state index < -0.39 is 10.0 Å². The highest BCUT2D eigenvalue weighted by Crippen LogP contribution is 2.11. The van der Waals surface area contributed by atoms with Gasteiger partial charge in [0, 0.05) is 24.7 Å². The molecule has 7 heteroatoms. The average molecular weight is 301 g/mol. The summed E-state index contributed by atoms with van der Waals surface area (Å²) in [7, 11) is -3.70. The highest BCUT2D eigenvalue weighted by atomic mass is 32.2. The zero-order valence-corrected chi connectivity index (χ0v) is 13.2. The van der Waals surface area contributed by atoms with Crippen LogP contribution in [-0.2, 0) is 10.0 Å². The standard InChI is InChI=1S/C13H23N3O3S/c1-10(2)16(11(3)4)7-8-19-13-6-5-12(9-15-13)20(14,17)18/h5-6,9-11H,7-8H2,1-4H3,(H2,14,17,18). The third-order valence-corrected chi connectivity index (χ3v) is 3.86. The summed E-state index contributed by atoms with van der Waals surface area (Å²) < 4.78 is 27.7. The molecule has 0 fully saturated rings. The van der Waals surface area contributed by atoms with Gasteiger partial charge in [-0.2, -0.15) is 0 Å². The summed E-state index contributed by atoms with van der Waals surface area (Å²) in [6.07, 6.45) is 1.20. The fraction of sp³-hybridized carbons (Fsp3) is 0.615. The molecule has 0 unspecified atom stereocenters. The summed E-state index contributed by atoms with van der Waals surface area (Å²) in [4.78, 5) is 6.22. The molecule has 0 aromatic carbocycles. The zero-order valence-electron chi connectivity index (χ0n) is 12.4. The van der Waals surface area contributed by atoms with E-state index in [1.807, 2.05) is 0 Å². The fourth-order valence-corrected chi connectivity index (χ4v) is 2.45. The number of nitrogens with two attached hydrogens (primary N) is 1. The highest BCUT2D eigenvalue weighted by Gasteiger charge is 2.13. The van der Waals surface area contributed by atoms with Crippen LogP contribution in [0.15, 0.2) is 23.2 Å². The van der Waals surface area contributed by atoms with Crippen molar-refractivity contribution in [3.8, 4) is 5.88 Å². The number of sulfonamides is 1. The summed E-state index contributed by atoms with van der Waals surface area (Å²) in [5, 5.41) is 5.00. The van der Waals surface area contributed by atoms with Crippen LogP contribution in [0.2, 0.25) is 0 Å². The van der Waals surface area contributed by atoms with Crippen LogP contribution in [0, 0.1) is 0 Å². The maximum Gasteiger partial charge on any atom is 0.239 e. The maximum absolute atomic E-state index is 11.1. The Morgan fingerprint density at radius 2 is 1.85 bits per heavy atom. The van der Waals surface area contributed by atoms with Crippen molar-refractivity contribution < 1.29 is 13.2 Å². The Morgan fingerprint density at radius 1 is 1.25 bits per heavy atom. The van der Waals surface area contributed by atoms with Crippen LogP contribution in [-0.4, -0.2) is 43.5 Å². The van der Waals surface area contributed by atoms with E-state index in [9.17, 15) is 8.42 Å². The second-order valence-corrected chi connectivity index (χ2v) is 6.71. The molecule has 2 N–H and O–H groups in total. The largest absolute Gasteiger partial charge is 0.476 e. The van der Waals surface area contributed by atoms with Crippen LogP contribution in [0.25, 0.3) is 0 Å². The molecule has 0 aliphatic carbocycles. The first-order chi connectivity index (χ1) is 9.21.